The molecule has 8 heteroatoms. The van der Waals surface area contributed by atoms with Gasteiger partial charge < -0.3 is 15.4 Å². The van der Waals surface area contributed by atoms with Crippen molar-refractivity contribution in [3.05, 3.63) is 5.01 Å². The molecule has 1 aliphatic rings. The minimum atomic E-state index is -0.524. The Labute approximate surface area is 159 Å². The van der Waals surface area contributed by atoms with Gasteiger partial charge in [-0.2, -0.15) is 0 Å². The van der Waals surface area contributed by atoms with Crippen molar-refractivity contribution in [2.45, 2.75) is 84.3 Å². The van der Waals surface area contributed by atoms with Gasteiger partial charge in [-0.15, -0.1) is 10.2 Å². The first-order chi connectivity index (χ1) is 12.2. The summed E-state index contributed by atoms with van der Waals surface area (Å²) in [6.07, 6.45) is 3.72. The summed E-state index contributed by atoms with van der Waals surface area (Å²) in [6, 6.07) is -0.0323. The molecule has 1 saturated carbocycles. The average Bonchev–Trinajstić information content (AvgIpc) is 3.16. The van der Waals surface area contributed by atoms with Crippen molar-refractivity contribution in [3.8, 4) is 0 Å². The lowest BCUT2D eigenvalue weighted by molar-refractivity contribution is -0.119. The molecule has 26 heavy (non-hydrogen) atoms. The van der Waals surface area contributed by atoms with Crippen LogP contribution in [-0.4, -0.2) is 33.8 Å². The lowest BCUT2D eigenvalue weighted by atomic mass is 10.1. The second-order valence-electron chi connectivity index (χ2n) is 7.80. The Bertz CT molecular complexity index is 622. The maximum Gasteiger partial charge on any atom is 0.407 e. The summed E-state index contributed by atoms with van der Waals surface area (Å²) in [5.41, 5.74) is -0.524. The van der Waals surface area contributed by atoms with Gasteiger partial charge in [0.15, 0.2) is 0 Å². The SMILES string of the molecule is CCC(CC)c1nnc(NC(=O)[C@H]2CC[C@H](NC(=O)OC(C)(C)C)C2)s1. The fourth-order valence-corrected chi connectivity index (χ4v) is 4.13. The van der Waals surface area contributed by atoms with E-state index >= 15 is 0 Å². The predicted octanol–water partition coefficient (Wildman–Crippen LogP) is 4.07. The van der Waals surface area contributed by atoms with Gasteiger partial charge in [-0.05, 0) is 52.9 Å². The monoisotopic (exact) mass is 382 g/mol. The summed E-state index contributed by atoms with van der Waals surface area (Å²) in [5, 5.41) is 15.6. The van der Waals surface area contributed by atoms with Crippen LogP contribution in [0.3, 0.4) is 0 Å². The molecule has 1 fully saturated rings. The molecule has 0 saturated heterocycles. The number of carbonyl (C=O) groups excluding carboxylic acids is 2. The zero-order chi connectivity index (χ0) is 19.3. The van der Waals surface area contributed by atoms with Gasteiger partial charge in [-0.3, -0.25) is 4.79 Å². The number of alkyl carbamates (subject to hydrolysis) is 1. The van der Waals surface area contributed by atoms with E-state index in [1.54, 1.807) is 0 Å². The smallest absolute Gasteiger partial charge is 0.407 e. The van der Waals surface area contributed by atoms with Gasteiger partial charge in [-0.25, -0.2) is 4.79 Å². The summed E-state index contributed by atoms with van der Waals surface area (Å²) >= 11 is 1.45. The number of aromatic nitrogens is 2. The van der Waals surface area contributed by atoms with Crippen molar-refractivity contribution < 1.29 is 14.3 Å². The topological polar surface area (TPSA) is 93.2 Å². The Morgan fingerprint density at radius 1 is 1.23 bits per heavy atom. The summed E-state index contributed by atoms with van der Waals surface area (Å²) in [4.78, 5) is 24.3. The van der Waals surface area contributed by atoms with Gasteiger partial charge >= 0.3 is 6.09 Å². The van der Waals surface area contributed by atoms with E-state index in [9.17, 15) is 9.59 Å². The van der Waals surface area contributed by atoms with Gasteiger partial charge in [-0.1, -0.05) is 25.2 Å². The first-order valence-electron chi connectivity index (χ1n) is 9.35. The van der Waals surface area contributed by atoms with Crippen molar-refractivity contribution in [1.82, 2.24) is 15.5 Å². The molecular formula is C18H30N4O3S. The van der Waals surface area contributed by atoms with E-state index in [2.05, 4.69) is 34.7 Å². The highest BCUT2D eigenvalue weighted by atomic mass is 32.1. The quantitative estimate of drug-likeness (QED) is 0.773. The number of rotatable bonds is 6. The van der Waals surface area contributed by atoms with Gasteiger partial charge in [0, 0.05) is 17.9 Å². The first kappa shape index (κ1) is 20.6. The first-order valence-corrected chi connectivity index (χ1v) is 10.2. The molecule has 7 nitrogen and oxygen atoms in total. The van der Waals surface area contributed by atoms with Crippen LogP contribution < -0.4 is 10.6 Å². The number of ether oxygens (including phenoxy) is 1. The van der Waals surface area contributed by atoms with E-state index in [1.807, 2.05) is 20.8 Å². The largest absolute Gasteiger partial charge is 0.444 e. The highest BCUT2D eigenvalue weighted by molar-refractivity contribution is 7.15. The molecule has 2 N–H and O–H groups in total. The van der Waals surface area contributed by atoms with Gasteiger partial charge in [0.2, 0.25) is 11.0 Å². The van der Waals surface area contributed by atoms with Crippen LogP contribution in [0.5, 0.6) is 0 Å². The highest BCUT2D eigenvalue weighted by Crippen LogP contribution is 2.30. The summed E-state index contributed by atoms with van der Waals surface area (Å²) in [7, 11) is 0. The lowest BCUT2D eigenvalue weighted by Gasteiger charge is -2.21. The van der Waals surface area contributed by atoms with Crippen LogP contribution in [0.2, 0.25) is 0 Å². The number of hydrogen-bond acceptors (Lipinski definition) is 6. The fourth-order valence-electron chi connectivity index (χ4n) is 3.12. The minimum absolute atomic E-state index is 0.0323. The average molecular weight is 383 g/mol. The third kappa shape index (κ3) is 5.93. The number of anilines is 1. The van der Waals surface area contributed by atoms with Crippen LogP contribution in [0, 0.1) is 5.92 Å². The van der Waals surface area contributed by atoms with E-state index in [-0.39, 0.29) is 17.9 Å². The molecule has 0 bridgehead atoms. The van der Waals surface area contributed by atoms with E-state index in [1.165, 1.54) is 11.3 Å². The van der Waals surface area contributed by atoms with Crippen LogP contribution in [0.25, 0.3) is 0 Å². The van der Waals surface area contributed by atoms with Crippen LogP contribution in [0.1, 0.15) is 77.6 Å². The molecule has 2 atom stereocenters. The molecule has 146 valence electrons. The van der Waals surface area contributed by atoms with E-state index in [0.717, 1.165) is 30.7 Å². The van der Waals surface area contributed by atoms with E-state index < -0.39 is 11.7 Å². The predicted molar refractivity (Wildman–Crippen MR) is 102 cm³/mol. The second kappa shape index (κ2) is 8.79. The number of carbonyl (C=O) groups is 2. The maximum atomic E-state index is 12.5. The normalized spacial score (nSPS) is 20.2. The summed E-state index contributed by atoms with van der Waals surface area (Å²) in [5.74, 6) is 0.216. The Hall–Kier alpha value is -1.70. The molecule has 1 aromatic heterocycles. The highest BCUT2D eigenvalue weighted by Gasteiger charge is 2.32. The molecule has 1 heterocycles. The summed E-state index contributed by atoms with van der Waals surface area (Å²) < 4.78 is 5.27. The van der Waals surface area contributed by atoms with Crippen molar-refractivity contribution in [1.29, 1.82) is 0 Å². The molecule has 2 rings (SSSR count). The van der Waals surface area contributed by atoms with Crippen LogP contribution in [0.4, 0.5) is 9.93 Å². The zero-order valence-electron chi connectivity index (χ0n) is 16.3. The molecule has 0 radical (unpaired) electrons. The maximum absolute atomic E-state index is 12.5. The number of amides is 2. The van der Waals surface area contributed by atoms with Crippen molar-refractivity contribution in [2.75, 3.05) is 5.32 Å². The van der Waals surface area contributed by atoms with Gasteiger partial charge in [0.05, 0.1) is 0 Å². The molecule has 0 unspecified atom stereocenters. The minimum Gasteiger partial charge on any atom is -0.444 e. The van der Waals surface area contributed by atoms with E-state index in [0.29, 0.717) is 17.5 Å². The number of hydrogen-bond donors (Lipinski definition) is 2. The van der Waals surface area contributed by atoms with Crippen LogP contribution in [0.15, 0.2) is 0 Å². The fraction of sp³-hybridized carbons (Fsp3) is 0.778. The molecule has 0 aromatic carbocycles. The number of nitrogens with one attached hydrogen (secondary N) is 2. The molecular weight excluding hydrogens is 352 g/mol. The van der Waals surface area contributed by atoms with Crippen molar-refractivity contribution in [2.24, 2.45) is 5.92 Å². The third-order valence-corrected chi connectivity index (χ3v) is 5.53. The third-order valence-electron chi connectivity index (χ3n) is 4.53. The number of nitrogens with zero attached hydrogens (tertiary/aromatic N) is 2. The Morgan fingerprint density at radius 2 is 1.92 bits per heavy atom. The van der Waals surface area contributed by atoms with Crippen LogP contribution in [-0.2, 0) is 9.53 Å². The second-order valence-corrected chi connectivity index (χ2v) is 8.81. The Morgan fingerprint density at radius 3 is 2.54 bits per heavy atom. The van der Waals surface area contributed by atoms with Crippen LogP contribution >= 0.6 is 11.3 Å². The van der Waals surface area contributed by atoms with Crippen molar-refractivity contribution in [3.63, 3.8) is 0 Å². The Kier molecular flexibility index (Phi) is 6.97. The van der Waals surface area contributed by atoms with E-state index in [4.69, 9.17) is 4.74 Å². The summed E-state index contributed by atoms with van der Waals surface area (Å²) in [6.45, 7) is 9.74. The lowest BCUT2D eigenvalue weighted by Crippen LogP contribution is -2.38. The molecule has 0 aliphatic heterocycles. The Balaban J connectivity index is 1.83. The van der Waals surface area contributed by atoms with Gasteiger partial charge in [0.25, 0.3) is 0 Å². The molecule has 2 amide bonds. The molecule has 1 aliphatic carbocycles. The zero-order valence-corrected chi connectivity index (χ0v) is 17.1. The molecule has 0 spiro atoms. The van der Waals surface area contributed by atoms with Gasteiger partial charge in [0.1, 0.15) is 10.6 Å². The molecule has 1 aromatic rings. The standard InChI is InChI=1S/C18H30N4O3S/c1-6-11(7-2)15-21-22-16(26-15)20-14(23)12-8-9-13(10-12)19-17(24)25-18(3,4)5/h11-13H,6-10H2,1-5H3,(H,19,24)(H,20,22,23)/t12-,13-/m0/s1. The van der Waals surface area contributed by atoms with Crippen molar-refractivity contribution >= 4 is 28.5 Å².